The Bertz CT molecular complexity index is 664. The Morgan fingerprint density at radius 1 is 1.35 bits per heavy atom. The Hall–Kier alpha value is -1.33. The lowest BCUT2D eigenvalue weighted by atomic mass is 9.76. The summed E-state index contributed by atoms with van der Waals surface area (Å²) < 4.78 is 23.0. The molecular weight excluding hydrogens is 272 g/mol. The van der Waals surface area contributed by atoms with Gasteiger partial charge in [0.25, 0.3) is 0 Å². The van der Waals surface area contributed by atoms with E-state index in [9.17, 15) is 8.42 Å². The number of nitrogens with two attached hydrogens (primary N) is 1. The van der Waals surface area contributed by atoms with E-state index in [1.54, 1.807) is 12.1 Å². The number of rotatable bonds is 2. The Labute approximate surface area is 120 Å². The van der Waals surface area contributed by atoms with Crippen molar-refractivity contribution in [2.45, 2.75) is 37.1 Å². The summed E-state index contributed by atoms with van der Waals surface area (Å²) in [6.45, 7) is 4.44. The molecule has 1 aromatic rings. The van der Waals surface area contributed by atoms with Gasteiger partial charge in [0, 0.05) is 17.6 Å². The third-order valence-electron chi connectivity index (χ3n) is 4.43. The van der Waals surface area contributed by atoms with Crippen LogP contribution in [0.15, 0.2) is 35.2 Å². The minimum absolute atomic E-state index is 0.195. The molecule has 1 aromatic carbocycles. The van der Waals surface area contributed by atoms with E-state index in [-0.39, 0.29) is 4.90 Å². The summed E-state index contributed by atoms with van der Waals surface area (Å²) in [7, 11) is -3.65. The van der Waals surface area contributed by atoms with Gasteiger partial charge in [-0.05, 0) is 42.0 Å². The number of allylic oxidation sites excluding steroid dienone is 2. The van der Waals surface area contributed by atoms with Crippen LogP contribution in [0.25, 0.3) is 0 Å². The van der Waals surface area contributed by atoms with E-state index in [1.165, 1.54) is 0 Å². The van der Waals surface area contributed by atoms with Gasteiger partial charge in [-0.25, -0.2) is 13.6 Å². The minimum Gasteiger partial charge on any atom is -0.381 e. The van der Waals surface area contributed by atoms with Gasteiger partial charge >= 0.3 is 0 Å². The van der Waals surface area contributed by atoms with Crippen molar-refractivity contribution < 1.29 is 8.42 Å². The molecule has 1 aliphatic heterocycles. The van der Waals surface area contributed by atoms with Crippen LogP contribution < -0.4 is 10.5 Å². The summed E-state index contributed by atoms with van der Waals surface area (Å²) in [5.74, 6) is 1.33. The van der Waals surface area contributed by atoms with Crippen LogP contribution >= 0.6 is 0 Å². The quantitative estimate of drug-likeness (QED) is 0.822. The molecule has 0 unspecified atom stereocenters. The van der Waals surface area contributed by atoms with Gasteiger partial charge < -0.3 is 5.32 Å². The first-order valence-corrected chi connectivity index (χ1v) is 8.52. The van der Waals surface area contributed by atoms with Crippen LogP contribution in [-0.4, -0.2) is 14.5 Å². The van der Waals surface area contributed by atoms with Crippen LogP contribution in [0, 0.1) is 11.8 Å². The van der Waals surface area contributed by atoms with Crippen molar-refractivity contribution in [3.63, 3.8) is 0 Å². The van der Waals surface area contributed by atoms with Crippen LogP contribution in [0.2, 0.25) is 0 Å². The number of benzene rings is 1. The summed E-state index contributed by atoms with van der Waals surface area (Å²) in [4.78, 5) is 0.195. The predicted molar refractivity (Wildman–Crippen MR) is 80.1 cm³/mol. The molecule has 4 nitrogen and oxygen atoms in total. The van der Waals surface area contributed by atoms with Gasteiger partial charge in [0.1, 0.15) is 0 Å². The average Bonchev–Trinajstić information content (AvgIpc) is 2.85. The Morgan fingerprint density at radius 2 is 2.10 bits per heavy atom. The number of nitrogens with one attached hydrogen (secondary N) is 1. The number of hydrogen-bond acceptors (Lipinski definition) is 3. The topological polar surface area (TPSA) is 72.2 Å². The first-order chi connectivity index (χ1) is 9.38. The summed E-state index contributed by atoms with van der Waals surface area (Å²) in [5, 5.41) is 8.81. The van der Waals surface area contributed by atoms with E-state index in [0.717, 1.165) is 17.7 Å². The molecular formula is C15H20N2O2S. The molecule has 5 heteroatoms. The highest BCUT2D eigenvalue weighted by Crippen LogP contribution is 2.46. The average molecular weight is 292 g/mol. The van der Waals surface area contributed by atoms with Crippen molar-refractivity contribution in [3.05, 3.63) is 35.9 Å². The van der Waals surface area contributed by atoms with E-state index in [0.29, 0.717) is 23.8 Å². The van der Waals surface area contributed by atoms with Crippen LogP contribution in [0.5, 0.6) is 0 Å². The lowest BCUT2D eigenvalue weighted by molar-refractivity contribution is 0.342. The molecule has 0 amide bonds. The maximum atomic E-state index is 11.5. The molecule has 3 N–H and O–H groups in total. The first kappa shape index (κ1) is 13.6. The smallest absolute Gasteiger partial charge is 0.238 e. The molecule has 1 aliphatic carbocycles. The summed E-state index contributed by atoms with van der Waals surface area (Å²) in [6, 6.07) is 5.56. The van der Waals surface area contributed by atoms with Crippen molar-refractivity contribution in [1.29, 1.82) is 0 Å². The molecule has 0 bridgehead atoms. The zero-order valence-corrected chi connectivity index (χ0v) is 12.5. The fourth-order valence-corrected chi connectivity index (χ4v) is 4.00. The molecule has 1 heterocycles. The van der Waals surface area contributed by atoms with Gasteiger partial charge in [-0.2, -0.15) is 0 Å². The number of primary sulfonamides is 1. The molecule has 2 aliphatic rings. The molecule has 3 atom stereocenters. The van der Waals surface area contributed by atoms with E-state index in [4.69, 9.17) is 5.14 Å². The zero-order valence-electron chi connectivity index (χ0n) is 11.7. The van der Waals surface area contributed by atoms with Gasteiger partial charge in [-0.3, -0.25) is 0 Å². The molecule has 0 radical (unpaired) electrons. The number of hydrogen-bond donors (Lipinski definition) is 2. The van der Waals surface area contributed by atoms with Gasteiger partial charge in [0.05, 0.1) is 4.90 Å². The largest absolute Gasteiger partial charge is 0.381 e. The second kappa shape index (κ2) is 4.60. The van der Waals surface area contributed by atoms with Gasteiger partial charge in [-0.1, -0.05) is 26.0 Å². The van der Waals surface area contributed by atoms with Crippen LogP contribution in [0.3, 0.4) is 0 Å². The SMILES string of the molecule is CC(C)[C@@H]1Nc2ccc(S(N)(=O)=O)cc2[C@H]2C=CC[C@@H]21. The standard InChI is InChI=1S/C15H20N2O2S/c1-9(2)15-12-5-3-4-11(12)13-8-10(20(16,18)19)6-7-14(13)17-15/h3-4,6-9,11-12,15,17H,5H2,1-2H3,(H2,16,18,19)/t11-,12-,15-/m0/s1. The summed E-state index contributed by atoms with van der Waals surface area (Å²) >= 11 is 0. The second-order valence-electron chi connectivity index (χ2n) is 6.06. The summed E-state index contributed by atoms with van der Waals surface area (Å²) in [5.41, 5.74) is 2.08. The monoisotopic (exact) mass is 292 g/mol. The van der Waals surface area contributed by atoms with Crippen LogP contribution in [0.4, 0.5) is 5.69 Å². The van der Waals surface area contributed by atoms with Crippen molar-refractivity contribution in [2.75, 3.05) is 5.32 Å². The highest BCUT2D eigenvalue weighted by Gasteiger charge is 2.38. The van der Waals surface area contributed by atoms with E-state index in [2.05, 4.69) is 31.3 Å². The van der Waals surface area contributed by atoms with Gasteiger partial charge in [-0.15, -0.1) is 0 Å². The predicted octanol–water partition coefficient (Wildman–Crippen LogP) is 2.44. The maximum absolute atomic E-state index is 11.5. The fraction of sp³-hybridized carbons (Fsp3) is 0.467. The van der Waals surface area contributed by atoms with Crippen molar-refractivity contribution >= 4 is 15.7 Å². The van der Waals surface area contributed by atoms with Crippen LogP contribution in [-0.2, 0) is 10.0 Å². The van der Waals surface area contributed by atoms with E-state index < -0.39 is 10.0 Å². The molecule has 20 heavy (non-hydrogen) atoms. The normalized spacial score (nSPS) is 28.1. The van der Waals surface area contributed by atoms with E-state index >= 15 is 0 Å². The molecule has 3 rings (SSSR count). The van der Waals surface area contributed by atoms with Crippen molar-refractivity contribution in [3.8, 4) is 0 Å². The fourth-order valence-electron chi connectivity index (χ4n) is 3.45. The summed E-state index contributed by atoms with van der Waals surface area (Å²) in [6.07, 6.45) is 5.44. The minimum atomic E-state index is -3.65. The Kier molecular flexibility index (Phi) is 3.14. The first-order valence-electron chi connectivity index (χ1n) is 6.98. The maximum Gasteiger partial charge on any atom is 0.238 e. The van der Waals surface area contributed by atoms with Gasteiger partial charge in [0.15, 0.2) is 0 Å². The Balaban J connectivity index is 2.09. The molecule has 0 fully saturated rings. The number of sulfonamides is 1. The van der Waals surface area contributed by atoms with Crippen LogP contribution in [0.1, 0.15) is 31.7 Å². The van der Waals surface area contributed by atoms with Crippen molar-refractivity contribution in [1.82, 2.24) is 0 Å². The highest BCUT2D eigenvalue weighted by atomic mass is 32.2. The molecule has 108 valence electrons. The molecule has 0 aromatic heterocycles. The van der Waals surface area contributed by atoms with Crippen molar-refractivity contribution in [2.24, 2.45) is 17.0 Å². The lowest BCUT2D eigenvalue weighted by Gasteiger charge is -2.39. The number of anilines is 1. The molecule has 0 saturated carbocycles. The zero-order chi connectivity index (χ0) is 14.5. The third kappa shape index (κ3) is 2.15. The second-order valence-corrected chi connectivity index (χ2v) is 7.62. The molecule has 0 saturated heterocycles. The highest BCUT2D eigenvalue weighted by molar-refractivity contribution is 7.89. The Morgan fingerprint density at radius 3 is 2.75 bits per heavy atom. The molecule has 0 spiro atoms. The van der Waals surface area contributed by atoms with Gasteiger partial charge in [0.2, 0.25) is 10.0 Å². The number of fused-ring (bicyclic) bond motifs is 3. The third-order valence-corrected chi connectivity index (χ3v) is 5.34. The lowest BCUT2D eigenvalue weighted by Crippen LogP contribution is -2.39. The van der Waals surface area contributed by atoms with E-state index in [1.807, 2.05) is 6.07 Å².